The minimum atomic E-state index is -0.491. The molecule has 4 N–H and O–H groups in total. The fourth-order valence-electron chi connectivity index (χ4n) is 6.84. The lowest BCUT2D eigenvalue weighted by Gasteiger charge is -2.38. The van der Waals surface area contributed by atoms with Gasteiger partial charge in [0.1, 0.15) is 11.9 Å². The van der Waals surface area contributed by atoms with Gasteiger partial charge in [0.15, 0.2) is 0 Å². The molecule has 9 nitrogen and oxygen atoms in total. The zero-order valence-electron chi connectivity index (χ0n) is 30.2. The molecule has 4 fully saturated rings. The number of aldehydes is 1. The summed E-state index contributed by atoms with van der Waals surface area (Å²) in [5, 5.41) is 6.15. The van der Waals surface area contributed by atoms with Crippen LogP contribution in [0.2, 0.25) is 0 Å². The van der Waals surface area contributed by atoms with Crippen molar-refractivity contribution < 1.29 is 23.8 Å². The average Bonchev–Trinajstić information content (AvgIpc) is 3.01. The van der Waals surface area contributed by atoms with Gasteiger partial charge in [0.2, 0.25) is 0 Å². The maximum atomic E-state index is 11.5. The number of hydrogen-bond donors (Lipinski definition) is 3. The maximum absolute atomic E-state index is 11.5. The predicted octanol–water partition coefficient (Wildman–Crippen LogP) is 6.81. The molecule has 47 heavy (non-hydrogen) atoms. The summed E-state index contributed by atoms with van der Waals surface area (Å²) in [4.78, 5) is 25.0. The van der Waals surface area contributed by atoms with E-state index in [0.717, 1.165) is 82.7 Å². The van der Waals surface area contributed by atoms with E-state index in [4.69, 9.17) is 19.9 Å². The molecule has 6 atom stereocenters. The SMILES string of the molecule is CC(C)(C)OC(=O)N[C@H]1CCCC[C@@H]1C=O.CCOC[C@H]1CCCN(C[C@H]2CCCC[C@@H]2N)C1.CCOC[C@H]1CCCNC1.Cl.Cl.Cl. The second kappa shape index (κ2) is 28.3. The number of piperidine rings is 2. The zero-order valence-corrected chi connectivity index (χ0v) is 32.6. The molecule has 0 aromatic carbocycles. The summed E-state index contributed by atoms with van der Waals surface area (Å²) in [7, 11) is 0. The number of nitrogens with one attached hydrogen (secondary N) is 2. The van der Waals surface area contributed by atoms with Crippen molar-refractivity contribution in [1.82, 2.24) is 15.5 Å². The highest BCUT2D eigenvalue weighted by Crippen LogP contribution is 2.26. The van der Waals surface area contributed by atoms with Crippen molar-refractivity contribution in [1.29, 1.82) is 0 Å². The third kappa shape index (κ3) is 22.1. The molecule has 1 amide bonds. The van der Waals surface area contributed by atoms with Crippen LogP contribution in [0.4, 0.5) is 4.79 Å². The van der Waals surface area contributed by atoms with Crippen LogP contribution in [-0.4, -0.2) is 94.1 Å². The number of alkyl carbamates (subject to hydrolysis) is 1. The van der Waals surface area contributed by atoms with Gasteiger partial charge in [-0.3, -0.25) is 0 Å². The number of hydrogen-bond acceptors (Lipinski definition) is 8. The first-order valence-electron chi connectivity index (χ1n) is 17.9. The van der Waals surface area contributed by atoms with Gasteiger partial charge in [-0.05, 0) is 117 Å². The molecule has 0 radical (unpaired) electrons. The average molecular weight is 734 g/mol. The van der Waals surface area contributed by atoms with E-state index in [1.165, 1.54) is 77.5 Å². The highest BCUT2D eigenvalue weighted by atomic mass is 35.5. The number of ether oxygens (including phenoxy) is 3. The van der Waals surface area contributed by atoms with Crippen molar-refractivity contribution in [3.8, 4) is 0 Å². The van der Waals surface area contributed by atoms with Crippen molar-refractivity contribution in [2.45, 2.75) is 129 Å². The Morgan fingerprint density at radius 3 is 2.09 bits per heavy atom. The predicted molar refractivity (Wildman–Crippen MR) is 201 cm³/mol. The minimum Gasteiger partial charge on any atom is -0.444 e. The van der Waals surface area contributed by atoms with Gasteiger partial charge < -0.3 is 40.3 Å². The molecule has 12 heteroatoms. The van der Waals surface area contributed by atoms with Crippen molar-refractivity contribution in [3.63, 3.8) is 0 Å². The van der Waals surface area contributed by atoms with E-state index in [1.807, 2.05) is 20.8 Å². The monoisotopic (exact) mass is 732 g/mol. The second-order valence-electron chi connectivity index (χ2n) is 14.3. The molecule has 0 unspecified atom stereocenters. The van der Waals surface area contributed by atoms with Gasteiger partial charge in [-0.25, -0.2) is 4.79 Å². The van der Waals surface area contributed by atoms with Crippen LogP contribution in [0.25, 0.3) is 0 Å². The first kappa shape index (κ1) is 48.7. The lowest BCUT2D eigenvalue weighted by atomic mass is 9.84. The van der Waals surface area contributed by atoms with E-state index in [0.29, 0.717) is 6.04 Å². The van der Waals surface area contributed by atoms with Crippen molar-refractivity contribution in [2.75, 3.05) is 59.2 Å². The summed E-state index contributed by atoms with van der Waals surface area (Å²) in [6, 6.07) is 0.395. The van der Waals surface area contributed by atoms with Crippen LogP contribution < -0.4 is 16.4 Å². The minimum absolute atomic E-state index is 0. The molecule has 4 rings (SSSR count). The molecule has 2 saturated heterocycles. The third-order valence-corrected chi connectivity index (χ3v) is 9.27. The number of nitrogens with zero attached hydrogens (tertiary/aromatic N) is 1. The van der Waals surface area contributed by atoms with Crippen LogP contribution in [0.5, 0.6) is 0 Å². The largest absolute Gasteiger partial charge is 0.444 e. The topological polar surface area (TPSA) is 115 Å². The fourth-order valence-corrected chi connectivity index (χ4v) is 6.84. The first-order chi connectivity index (χ1) is 21.1. The molecule has 0 bridgehead atoms. The van der Waals surface area contributed by atoms with E-state index in [-0.39, 0.29) is 49.2 Å². The zero-order chi connectivity index (χ0) is 32.2. The number of rotatable bonds is 10. The van der Waals surface area contributed by atoms with Gasteiger partial charge >= 0.3 is 6.09 Å². The Hall–Kier alpha value is -0.390. The summed E-state index contributed by atoms with van der Waals surface area (Å²) in [5.74, 6) is 2.21. The number of halogens is 3. The van der Waals surface area contributed by atoms with Gasteiger partial charge in [0, 0.05) is 50.8 Å². The molecular formula is C35H71Cl3N4O5. The van der Waals surface area contributed by atoms with Crippen LogP contribution in [0.3, 0.4) is 0 Å². The summed E-state index contributed by atoms with van der Waals surface area (Å²) in [6.45, 7) is 19.3. The van der Waals surface area contributed by atoms with Gasteiger partial charge in [0.25, 0.3) is 0 Å². The second-order valence-corrected chi connectivity index (χ2v) is 14.3. The number of amides is 1. The van der Waals surface area contributed by atoms with Gasteiger partial charge in [-0.2, -0.15) is 0 Å². The molecule has 2 heterocycles. The Bertz CT molecular complexity index is 774. The quantitative estimate of drug-likeness (QED) is 0.210. The third-order valence-electron chi connectivity index (χ3n) is 9.27. The fraction of sp³-hybridized carbons (Fsp3) is 0.943. The molecule has 0 aromatic rings. The summed E-state index contributed by atoms with van der Waals surface area (Å²) in [5.41, 5.74) is 5.77. The maximum Gasteiger partial charge on any atom is 0.407 e. The van der Waals surface area contributed by atoms with Crippen LogP contribution >= 0.6 is 37.2 Å². The van der Waals surface area contributed by atoms with Crippen molar-refractivity contribution in [3.05, 3.63) is 0 Å². The van der Waals surface area contributed by atoms with Crippen LogP contribution in [0.1, 0.15) is 112 Å². The molecule has 0 spiro atoms. The van der Waals surface area contributed by atoms with Crippen LogP contribution in [0.15, 0.2) is 0 Å². The molecule has 2 saturated carbocycles. The van der Waals surface area contributed by atoms with Crippen molar-refractivity contribution >= 4 is 49.6 Å². The Morgan fingerprint density at radius 1 is 0.872 bits per heavy atom. The normalized spacial score (nSPS) is 27.8. The van der Waals surface area contributed by atoms with Crippen molar-refractivity contribution in [2.24, 2.45) is 29.4 Å². The standard InChI is InChI=1S/C15H30N2O.C12H21NO3.C8H17NO.3ClH/c1-2-18-12-13-6-5-9-17(10-13)11-14-7-3-4-8-15(14)16;1-12(2,3)16-11(15)13-10-7-5-4-6-9(10)8-14;1-2-10-7-8-4-3-5-9-6-8;;;/h13-15H,2-12,16H2,1H3;8-10H,4-7H2,1-3H3,(H,13,15);8-9H,2-7H2,1H3;3*1H/t13-,14+,15-;9-,10+;8-;;;/m010.../s1. The van der Waals surface area contributed by atoms with Crippen LogP contribution in [-0.2, 0) is 19.0 Å². The lowest BCUT2D eigenvalue weighted by Crippen LogP contribution is -2.45. The smallest absolute Gasteiger partial charge is 0.407 e. The number of nitrogens with two attached hydrogens (primary N) is 1. The molecule has 282 valence electrons. The van der Waals surface area contributed by atoms with Gasteiger partial charge in [0.05, 0.1) is 13.2 Å². The van der Waals surface area contributed by atoms with Crippen LogP contribution in [0, 0.1) is 23.7 Å². The molecule has 4 aliphatic rings. The Balaban J connectivity index is 0. The van der Waals surface area contributed by atoms with Gasteiger partial charge in [-0.1, -0.05) is 25.7 Å². The highest BCUT2D eigenvalue weighted by Gasteiger charge is 2.28. The number of carbonyl (C=O) groups is 2. The molecule has 0 aromatic heterocycles. The van der Waals surface area contributed by atoms with E-state index in [9.17, 15) is 9.59 Å². The van der Waals surface area contributed by atoms with Gasteiger partial charge in [-0.15, -0.1) is 37.2 Å². The Morgan fingerprint density at radius 2 is 1.49 bits per heavy atom. The molecular weight excluding hydrogens is 663 g/mol. The summed E-state index contributed by atoms with van der Waals surface area (Å²) >= 11 is 0. The van der Waals surface area contributed by atoms with E-state index < -0.39 is 11.7 Å². The number of likely N-dealkylation sites (tertiary alicyclic amines) is 1. The Kier molecular flexibility index (Phi) is 29.4. The summed E-state index contributed by atoms with van der Waals surface area (Å²) < 4.78 is 16.1. The van der Waals surface area contributed by atoms with E-state index >= 15 is 0 Å². The van der Waals surface area contributed by atoms with E-state index in [1.54, 1.807) is 0 Å². The van der Waals surface area contributed by atoms with E-state index in [2.05, 4.69) is 29.4 Å². The molecule has 2 aliphatic carbocycles. The Labute approximate surface area is 305 Å². The highest BCUT2D eigenvalue weighted by molar-refractivity contribution is 5.86. The molecule has 2 aliphatic heterocycles. The number of carbonyl (C=O) groups excluding carboxylic acids is 2. The lowest BCUT2D eigenvalue weighted by molar-refractivity contribution is -0.112. The summed E-state index contributed by atoms with van der Waals surface area (Å²) in [6.07, 6.45) is 15.0. The first-order valence-corrected chi connectivity index (χ1v) is 17.9.